The van der Waals surface area contributed by atoms with Crippen LogP contribution >= 0.6 is 45.3 Å². The predicted molar refractivity (Wildman–Crippen MR) is 587 cm³/mol. The van der Waals surface area contributed by atoms with Crippen molar-refractivity contribution in [2.24, 2.45) is 91.1 Å². The summed E-state index contributed by atoms with van der Waals surface area (Å²) in [6, 6.07) is 63.8. The first-order valence-electron chi connectivity index (χ1n) is 43.4. The van der Waals surface area contributed by atoms with Crippen molar-refractivity contribution in [1.29, 1.82) is 0 Å². The summed E-state index contributed by atoms with van der Waals surface area (Å²) in [5, 5.41) is 63.8. The van der Waals surface area contributed by atoms with E-state index in [1.165, 1.54) is 34.0 Å². The Morgan fingerprint density at radius 1 is 0.333 bits per heavy atom. The van der Waals surface area contributed by atoms with Crippen molar-refractivity contribution in [2.45, 2.75) is 55.4 Å². The van der Waals surface area contributed by atoms with Gasteiger partial charge in [-0.15, -0.1) is 36.8 Å². The Morgan fingerprint density at radius 3 is 1.06 bits per heavy atom. The van der Waals surface area contributed by atoms with Gasteiger partial charge in [-0.05, 0) is 179 Å². The number of benzene rings is 10. The third-order valence-corrected chi connectivity index (χ3v) is 23.7. The molecule has 0 aliphatic rings. The highest BCUT2D eigenvalue weighted by Crippen LogP contribution is 2.40. The topological polar surface area (TPSA) is 608 Å². The number of amidine groups is 3. The third-order valence-electron chi connectivity index (χ3n) is 20.0. The van der Waals surface area contributed by atoms with E-state index in [0.29, 0.717) is 113 Å². The lowest BCUT2D eigenvalue weighted by Crippen LogP contribution is -2.22. The number of aromatic nitrogens is 6. The summed E-state index contributed by atoms with van der Waals surface area (Å²) in [7, 11) is 9.79. The molecule has 15 aromatic rings. The molecule has 0 spiro atoms. The van der Waals surface area contributed by atoms with Crippen molar-refractivity contribution < 1.29 is 42.9 Å². The molecule has 15 rings (SSSR count). The van der Waals surface area contributed by atoms with Crippen LogP contribution in [0.15, 0.2) is 288 Å². The van der Waals surface area contributed by atoms with Gasteiger partial charge in [-0.25, -0.2) is 34.7 Å². The maximum absolute atomic E-state index is 12.6. The maximum Gasteiger partial charge on any atom is 0.323 e. The van der Waals surface area contributed by atoms with E-state index >= 15 is 0 Å². The molecule has 0 saturated heterocycles. The number of anilines is 8. The van der Waals surface area contributed by atoms with E-state index in [1.54, 1.807) is 142 Å². The molecule has 738 valence electrons. The molecular weight excluding hydrogens is 1910 g/mol. The van der Waals surface area contributed by atoms with Gasteiger partial charge >= 0.3 is 6.03 Å². The number of hydrogen-bond acceptors (Lipinski definition) is 32. The van der Waals surface area contributed by atoms with E-state index < -0.39 is 0 Å². The number of carbonyl (C=O) groups is 4. The van der Waals surface area contributed by atoms with Crippen molar-refractivity contribution in [1.82, 2.24) is 29.9 Å². The normalized spacial score (nSPS) is 11.7. The largest absolute Gasteiger partial charge is 0.494 e. The van der Waals surface area contributed by atoms with Crippen molar-refractivity contribution >= 4 is 207 Å². The lowest BCUT2D eigenvalue weighted by Gasteiger charge is -2.09. The molecule has 5 aromatic heterocycles. The number of para-hydroxylation sites is 1. The van der Waals surface area contributed by atoms with Crippen LogP contribution in [0.2, 0.25) is 0 Å². The molecule has 5 heterocycles. The van der Waals surface area contributed by atoms with Crippen LogP contribution in [0.4, 0.5) is 48.3 Å². The number of nitrogens with two attached hydrogens (primary N) is 8. The van der Waals surface area contributed by atoms with Gasteiger partial charge in [-0.1, -0.05) is 144 Å². The Bertz CT molecular complexity index is 7130. The number of carbonyl (C=O) groups excluding carboxylic acids is 4. The first-order valence-corrected chi connectivity index (χ1v) is 46.7. The van der Waals surface area contributed by atoms with Crippen molar-refractivity contribution in [3.8, 4) is 51.1 Å². The highest BCUT2D eigenvalue weighted by Gasteiger charge is 2.20. The quantitative estimate of drug-likeness (QED) is 0.0118. The highest BCUT2D eigenvalue weighted by atomic mass is 32.1. The third kappa shape index (κ3) is 30.8. The zero-order valence-corrected chi connectivity index (χ0v) is 84.0. The zero-order chi connectivity index (χ0) is 104. The van der Waals surface area contributed by atoms with Crippen LogP contribution < -0.4 is 107 Å². The first kappa shape index (κ1) is 106. The maximum atomic E-state index is 12.6. The second-order valence-electron chi connectivity index (χ2n) is 30.6. The highest BCUT2D eigenvalue weighted by molar-refractivity contribution is 7.23. The summed E-state index contributed by atoms with van der Waals surface area (Å²) in [6.07, 6.45) is 3.29. The fraction of sp³-hybridized carbons (Fsp3) is 0.140. The molecule has 10 aromatic carbocycles. The van der Waals surface area contributed by atoms with Crippen LogP contribution in [0.1, 0.15) is 120 Å². The fourth-order valence-electron chi connectivity index (χ4n) is 12.6. The standard InChI is InChI=1S/C21H21N7O.C20H22N8OS.C20H22N6O2S.C20H21N5O3S.C19H19N5O2S/c1-13(27-28-14(2)22)15-7-9-19(10-8-15)26-20(29)17-5-3-16(4-6-17)18-11-24-21(23)25-12-18;1-12(27-28-18(21)22)13-3-7-15(8-4-13)24-19(29)25-16-9-5-14(6-10-16)17-11-30-20(23-2)26-17;1-11(13-5-7-14(8-6-13)12(2)25-26-19(21)22)23-20-24-15-9-16(27-3)17(28-4)10-18(15)29-20;1-11(24-25-12(2)21)13-5-7-14(8-6-13)19(26)23-20-22-15-9-16(27-3)17(28-4)10-18(15)29-20;1-11(23-24-12(2)20)13-7-9-14(10-8-13)18(25)22-19-21-17-15(26-3)5-4-6-16(17)27-19/h3-12H,1-2H3,(H2,22,28)(H,26,29)(H2,23,24,25);3-11H,1-2H3,(H,23,26)(H4,21,22,28)(H2,24,25,29);5-10H,1H2,2-4H3,(H,23,24)(H4,21,22,26);5-10H,1-4H3,(H2,21,25)(H,22,23,26);4-10H,1-3H3,(H2,20,24)(H,21,22,25)/b27-13+;27-12+;25-12+;24-11-;23-11-. The van der Waals surface area contributed by atoms with Gasteiger partial charge < -0.3 is 96.1 Å². The number of nitrogens with one attached hydrogen (secondary N) is 7. The molecule has 0 aliphatic heterocycles. The molecule has 0 fully saturated rings. The second-order valence-corrected chi connectivity index (χ2v) is 34.6. The summed E-state index contributed by atoms with van der Waals surface area (Å²) >= 11 is 5.81. The zero-order valence-electron chi connectivity index (χ0n) is 80.7. The van der Waals surface area contributed by atoms with E-state index in [4.69, 9.17) is 69.6 Å². The minimum Gasteiger partial charge on any atom is -0.494 e. The van der Waals surface area contributed by atoms with Gasteiger partial charge in [0.2, 0.25) is 17.9 Å². The number of thiazole rings is 4. The smallest absolute Gasteiger partial charge is 0.323 e. The minimum absolute atomic E-state index is 0.0791. The van der Waals surface area contributed by atoms with Crippen LogP contribution in [-0.4, -0.2) is 154 Å². The minimum atomic E-state index is -0.340. The number of nitrogens with zero attached hydrogens (tertiary/aromatic N) is 16. The monoisotopic (exact) mass is 2010 g/mol. The average molecular weight is 2010 g/mol. The Labute approximate surface area is 844 Å². The Morgan fingerprint density at radius 2 is 0.667 bits per heavy atom. The predicted octanol–water partition coefficient (Wildman–Crippen LogP) is 17.3. The molecule has 0 bridgehead atoms. The fourth-order valence-corrected chi connectivity index (χ4v) is 15.9. The number of nitrogen functional groups attached to an aromatic ring is 1. The Balaban J connectivity index is 0.000000172. The molecule has 0 saturated carbocycles. The van der Waals surface area contributed by atoms with E-state index in [1.807, 2.05) is 198 Å². The lowest BCUT2D eigenvalue weighted by molar-refractivity contribution is 0.101. The number of guanidine groups is 2. The molecule has 23 N–H and O–H groups in total. The SMILES string of the molecule is C=C(Nc1nc2cc(OC)c(OC)cc2s1)c1ccc(/C(C)=N/N=C(N)N)cc1.CC(N)=N/N=C(\C)c1ccc(NC(=O)c2ccc(-c3cnc(N)nc3)cc2)cc1.CNc1nc(-c2ccc(NC(=O)Nc3ccc(/C(C)=N/N=C(N)N)cc3)cc2)cs1.COc1cc2nc(NC(=O)c3ccc(/C(C)=N\N=C(C)N)cc3)sc2cc1OC.COc1cccc2sc(NC(=O)c3ccc(/C(C)=N\N=C(C)N)cc3)nc12. The first-order chi connectivity index (χ1) is 69.1. The number of methoxy groups -OCH3 is 5. The van der Waals surface area contributed by atoms with Crippen LogP contribution in [0.25, 0.3) is 58.7 Å². The summed E-state index contributed by atoms with van der Waals surface area (Å²) in [5.41, 5.74) is 62.1. The van der Waals surface area contributed by atoms with Crippen LogP contribution in [0.3, 0.4) is 0 Å². The molecule has 5 amide bonds. The summed E-state index contributed by atoms with van der Waals surface area (Å²) in [6.45, 7) is 18.2. The molecule has 0 aliphatic carbocycles. The van der Waals surface area contributed by atoms with Crippen LogP contribution in [0, 0.1) is 0 Å². The average Bonchev–Trinajstić information content (AvgIpc) is 1.62. The van der Waals surface area contributed by atoms with E-state index in [9.17, 15) is 19.2 Å². The molecule has 0 atom stereocenters. The van der Waals surface area contributed by atoms with Gasteiger partial charge in [0.15, 0.2) is 43.5 Å². The molecular formula is C100H105N31O9S4. The summed E-state index contributed by atoms with van der Waals surface area (Å²) in [5.74, 6) is 3.71. The van der Waals surface area contributed by atoms with Gasteiger partial charge in [0.1, 0.15) is 28.8 Å². The summed E-state index contributed by atoms with van der Waals surface area (Å²) < 4.78 is 29.4. The molecule has 144 heavy (non-hydrogen) atoms. The molecule has 0 radical (unpaired) electrons. The Hall–Kier alpha value is -18.3. The molecule has 0 unspecified atom stereocenters. The second kappa shape index (κ2) is 51.4. The van der Waals surface area contributed by atoms with Gasteiger partial charge in [0.25, 0.3) is 17.7 Å². The van der Waals surface area contributed by atoms with Crippen molar-refractivity contribution in [2.75, 3.05) is 85.5 Å². The van der Waals surface area contributed by atoms with E-state index in [-0.39, 0.29) is 41.6 Å². The van der Waals surface area contributed by atoms with Crippen LogP contribution in [-0.2, 0) is 0 Å². The van der Waals surface area contributed by atoms with Gasteiger partial charge in [0.05, 0.1) is 94.9 Å². The van der Waals surface area contributed by atoms with Gasteiger partial charge in [0, 0.05) is 99.7 Å². The number of amides is 5. The molecule has 40 nitrogen and oxygen atoms in total. The number of ether oxygens (including phenoxy) is 5. The summed E-state index contributed by atoms with van der Waals surface area (Å²) in [4.78, 5) is 75.7. The number of fused-ring (bicyclic) bond motifs is 3. The molecule has 44 heteroatoms. The van der Waals surface area contributed by atoms with Gasteiger partial charge in [-0.3, -0.25) is 25.0 Å². The van der Waals surface area contributed by atoms with Crippen molar-refractivity contribution in [3.05, 3.63) is 287 Å². The number of hydrogen-bond donors (Lipinski definition) is 15. The van der Waals surface area contributed by atoms with Crippen molar-refractivity contribution in [3.63, 3.8) is 0 Å². The number of urea groups is 1. The van der Waals surface area contributed by atoms with E-state index in [2.05, 4.69) is 125 Å². The lowest BCUT2D eigenvalue weighted by atomic mass is 10.1. The van der Waals surface area contributed by atoms with Gasteiger partial charge in [-0.2, -0.15) is 25.5 Å². The Kier molecular flexibility index (Phi) is 37.9. The van der Waals surface area contributed by atoms with Crippen LogP contribution in [0.5, 0.6) is 28.7 Å². The van der Waals surface area contributed by atoms with E-state index in [0.717, 1.165) is 108 Å². The number of rotatable bonds is 29.